The quantitative estimate of drug-likeness (QED) is 0.413. The van der Waals surface area contributed by atoms with Crippen LogP contribution in [0.4, 0.5) is 23.4 Å². The number of anilines is 1. The van der Waals surface area contributed by atoms with Crippen LogP contribution in [0.15, 0.2) is 36.7 Å². The molecule has 0 aliphatic carbocycles. The normalized spacial score (nSPS) is 19.3. The summed E-state index contributed by atoms with van der Waals surface area (Å²) in [5, 5.41) is 0.719. The first-order valence-corrected chi connectivity index (χ1v) is 12.5. The average Bonchev–Trinajstić information content (AvgIpc) is 3.35. The van der Waals surface area contributed by atoms with Crippen LogP contribution in [0.25, 0.3) is 10.2 Å². The van der Waals surface area contributed by atoms with Gasteiger partial charge in [-0.25, -0.2) is 14.4 Å². The van der Waals surface area contributed by atoms with E-state index in [1.165, 1.54) is 18.5 Å². The van der Waals surface area contributed by atoms with Crippen LogP contribution >= 0.6 is 11.3 Å². The van der Waals surface area contributed by atoms with Crippen molar-refractivity contribution < 1.29 is 17.6 Å². The lowest BCUT2D eigenvalue weighted by atomic mass is 9.76. The number of hydrogen-bond donors (Lipinski definition) is 0. The number of thiophene rings is 1. The fourth-order valence-electron chi connectivity index (χ4n) is 5.50. The summed E-state index contributed by atoms with van der Waals surface area (Å²) in [7, 11) is 0. The van der Waals surface area contributed by atoms with Crippen molar-refractivity contribution in [3.63, 3.8) is 0 Å². The van der Waals surface area contributed by atoms with Gasteiger partial charge < -0.3 is 4.90 Å². The molecule has 2 fully saturated rings. The predicted octanol–water partition coefficient (Wildman–Crippen LogP) is 5.71. The molecule has 2 aromatic heterocycles. The molecule has 0 amide bonds. The molecule has 1 unspecified atom stereocenters. The van der Waals surface area contributed by atoms with Crippen molar-refractivity contribution in [1.29, 1.82) is 0 Å². The maximum atomic E-state index is 13.3. The van der Waals surface area contributed by atoms with Gasteiger partial charge in [0, 0.05) is 42.5 Å². The highest BCUT2D eigenvalue weighted by molar-refractivity contribution is 7.18. The lowest BCUT2D eigenvalue weighted by molar-refractivity contribution is -0.126. The van der Waals surface area contributed by atoms with Gasteiger partial charge in [0.25, 0.3) is 0 Å². The van der Waals surface area contributed by atoms with Gasteiger partial charge in [0.15, 0.2) is 0 Å². The van der Waals surface area contributed by atoms with Crippen LogP contribution in [0.1, 0.15) is 30.7 Å². The summed E-state index contributed by atoms with van der Waals surface area (Å²) in [5.74, 6) is 1.00. The molecule has 0 N–H and O–H groups in total. The fraction of sp³-hybridized carbons (Fsp3) is 0.520. The second kappa shape index (κ2) is 8.75. The van der Waals surface area contributed by atoms with E-state index in [0.717, 1.165) is 67.1 Å². The molecule has 34 heavy (non-hydrogen) atoms. The number of hydrogen-bond acceptors (Lipinski definition) is 5. The van der Waals surface area contributed by atoms with Gasteiger partial charge in [-0.1, -0.05) is 26.0 Å². The predicted molar refractivity (Wildman–Crippen MR) is 127 cm³/mol. The lowest BCUT2D eigenvalue weighted by Gasteiger charge is -2.53. The summed E-state index contributed by atoms with van der Waals surface area (Å²) in [4.78, 5) is 14.3. The molecular weight excluding hydrogens is 464 g/mol. The topological polar surface area (TPSA) is 32.3 Å². The number of halogens is 4. The highest BCUT2D eigenvalue weighted by atomic mass is 32.1. The second-order valence-corrected chi connectivity index (χ2v) is 11.3. The van der Waals surface area contributed by atoms with E-state index >= 15 is 0 Å². The molecule has 2 aliphatic rings. The zero-order chi connectivity index (χ0) is 24.1. The van der Waals surface area contributed by atoms with Crippen molar-refractivity contribution in [3.05, 3.63) is 52.9 Å². The second-order valence-electron chi connectivity index (χ2n) is 10.1. The maximum Gasteiger partial charge on any atom is 0.393 e. The van der Waals surface area contributed by atoms with Gasteiger partial charge in [-0.15, -0.1) is 11.3 Å². The van der Waals surface area contributed by atoms with Crippen LogP contribution in [-0.2, 0) is 12.8 Å². The monoisotopic (exact) mass is 492 g/mol. The number of alkyl halides is 3. The van der Waals surface area contributed by atoms with Crippen molar-refractivity contribution in [2.75, 3.05) is 31.1 Å². The average molecular weight is 493 g/mol. The summed E-state index contributed by atoms with van der Waals surface area (Å²) in [6.45, 7) is 8.13. The minimum atomic E-state index is -4.23. The van der Waals surface area contributed by atoms with E-state index in [4.69, 9.17) is 0 Å². The summed E-state index contributed by atoms with van der Waals surface area (Å²) in [6.07, 6.45) is -1.78. The minimum absolute atomic E-state index is 0.179. The van der Waals surface area contributed by atoms with Crippen LogP contribution < -0.4 is 4.90 Å². The first kappa shape index (κ1) is 23.5. The van der Waals surface area contributed by atoms with E-state index < -0.39 is 12.6 Å². The third kappa shape index (κ3) is 4.77. The van der Waals surface area contributed by atoms with Crippen LogP contribution in [0, 0.1) is 17.2 Å². The summed E-state index contributed by atoms with van der Waals surface area (Å²) < 4.78 is 51.9. The highest BCUT2D eigenvalue weighted by Gasteiger charge is 2.50. The highest BCUT2D eigenvalue weighted by Crippen LogP contribution is 2.44. The van der Waals surface area contributed by atoms with Gasteiger partial charge in [0.1, 0.15) is 22.8 Å². The molecule has 1 atom stereocenters. The number of likely N-dealkylation sites (tertiary alicyclic amines) is 1. The fourth-order valence-corrected chi connectivity index (χ4v) is 6.52. The molecule has 9 heteroatoms. The zero-order valence-electron chi connectivity index (χ0n) is 19.3. The van der Waals surface area contributed by atoms with Gasteiger partial charge in [-0.2, -0.15) is 13.2 Å². The summed E-state index contributed by atoms with van der Waals surface area (Å²) in [5.41, 5.74) is 1.32. The first-order chi connectivity index (χ1) is 16.1. The van der Waals surface area contributed by atoms with Crippen molar-refractivity contribution in [3.8, 4) is 0 Å². The van der Waals surface area contributed by atoms with E-state index in [9.17, 15) is 17.6 Å². The van der Waals surface area contributed by atoms with E-state index in [0.29, 0.717) is 16.8 Å². The Morgan fingerprint density at radius 3 is 2.50 bits per heavy atom. The molecule has 4 nitrogen and oxygen atoms in total. The van der Waals surface area contributed by atoms with Gasteiger partial charge in [-0.05, 0) is 42.5 Å². The number of aromatic nitrogens is 2. The number of rotatable bonds is 6. The van der Waals surface area contributed by atoms with Crippen molar-refractivity contribution in [2.24, 2.45) is 11.3 Å². The summed E-state index contributed by atoms with van der Waals surface area (Å²) in [6, 6.07) is 8.77. The summed E-state index contributed by atoms with van der Waals surface area (Å²) >= 11 is 1.10. The molecule has 0 radical (unpaired) electrons. The van der Waals surface area contributed by atoms with E-state index in [1.807, 2.05) is 12.1 Å². The Labute approximate surface area is 200 Å². The first-order valence-electron chi connectivity index (χ1n) is 11.6. The Hall–Kier alpha value is -2.26. The largest absolute Gasteiger partial charge is 0.393 e. The molecular formula is C25H28F4N4S. The molecule has 0 saturated carbocycles. The Bertz CT molecular complexity index is 1150. The van der Waals surface area contributed by atoms with E-state index in [2.05, 4.69) is 33.6 Å². The van der Waals surface area contributed by atoms with Crippen molar-refractivity contribution in [2.45, 2.75) is 45.3 Å². The number of benzene rings is 1. The van der Waals surface area contributed by atoms with Crippen LogP contribution in [-0.4, -0.2) is 53.3 Å². The molecule has 1 aromatic carbocycles. The molecule has 5 rings (SSSR count). The van der Waals surface area contributed by atoms with E-state index in [-0.39, 0.29) is 16.1 Å². The Kier molecular flexibility index (Phi) is 6.04. The van der Waals surface area contributed by atoms with Gasteiger partial charge in [-0.3, -0.25) is 4.90 Å². The van der Waals surface area contributed by atoms with Crippen LogP contribution in [0.3, 0.4) is 0 Å². The standard InChI is InChI=1S/C25H28F4N4S/c1-16(2)21(9-17-3-5-18(26)6-4-17)33-13-24(14-33)7-8-32(12-24)22-20-10-19(11-25(27,28)29)34-23(20)31-15-30-22/h3-6,10,15-16,21H,7-9,11-14H2,1-2H3. The van der Waals surface area contributed by atoms with Crippen molar-refractivity contribution >= 4 is 27.4 Å². The third-order valence-electron chi connectivity index (χ3n) is 7.15. The number of nitrogens with zero attached hydrogens (tertiary/aromatic N) is 4. The van der Waals surface area contributed by atoms with Crippen LogP contribution in [0.5, 0.6) is 0 Å². The minimum Gasteiger partial charge on any atom is -0.355 e. The Morgan fingerprint density at radius 1 is 1.09 bits per heavy atom. The molecule has 182 valence electrons. The Balaban J connectivity index is 1.27. The van der Waals surface area contributed by atoms with Gasteiger partial charge >= 0.3 is 6.18 Å². The zero-order valence-corrected chi connectivity index (χ0v) is 20.1. The smallest absolute Gasteiger partial charge is 0.355 e. The van der Waals surface area contributed by atoms with Gasteiger partial charge in [0.05, 0.1) is 11.8 Å². The van der Waals surface area contributed by atoms with E-state index in [1.54, 1.807) is 6.07 Å². The van der Waals surface area contributed by atoms with Crippen molar-refractivity contribution in [1.82, 2.24) is 14.9 Å². The number of fused-ring (bicyclic) bond motifs is 1. The Morgan fingerprint density at radius 2 is 1.82 bits per heavy atom. The third-order valence-corrected chi connectivity index (χ3v) is 8.19. The maximum absolute atomic E-state index is 13.3. The van der Waals surface area contributed by atoms with Gasteiger partial charge in [0.2, 0.25) is 0 Å². The molecule has 1 spiro atoms. The SMILES string of the molecule is CC(C)C(Cc1ccc(F)cc1)N1CC2(CCN(c3ncnc4sc(CC(F)(F)F)cc34)C2)C1. The molecule has 0 bridgehead atoms. The molecule has 2 saturated heterocycles. The van der Waals surface area contributed by atoms with Crippen LogP contribution in [0.2, 0.25) is 0 Å². The lowest BCUT2D eigenvalue weighted by Crippen LogP contribution is -2.62. The molecule has 4 heterocycles. The molecule has 2 aliphatic heterocycles. The molecule has 3 aromatic rings.